The van der Waals surface area contributed by atoms with Crippen molar-refractivity contribution in [2.24, 2.45) is 5.92 Å². The summed E-state index contributed by atoms with van der Waals surface area (Å²) in [5.41, 5.74) is 1.16. The van der Waals surface area contributed by atoms with Gasteiger partial charge >= 0.3 is 0 Å². The van der Waals surface area contributed by atoms with E-state index < -0.39 is 0 Å². The third-order valence-corrected chi connectivity index (χ3v) is 3.94. The Balaban J connectivity index is 1.59. The van der Waals surface area contributed by atoms with Crippen LogP contribution in [-0.2, 0) is 11.3 Å². The highest BCUT2D eigenvalue weighted by Crippen LogP contribution is 2.18. The second kappa shape index (κ2) is 8.67. The van der Waals surface area contributed by atoms with Crippen molar-refractivity contribution in [2.45, 2.75) is 20.4 Å². The van der Waals surface area contributed by atoms with E-state index in [1.807, 2.05) is 18.2 Å². The van der Waals surface area contributed by atoms with Crippen LogP contribution in [0.5, 0.6) is 5.75 Å². The molecule has 3 rings (SSSR count). The lowest BCUT2D eigenvalue weighted by atomic mass is 10.2. The van der Waals surface area contributed by atoms with E-state index in [1.54, 1.807) is 6.33 Å². The first-order valence-electron chi connectivity index (χ1n) is 8.81. The number of benzene rings is 1. The Bertz CT molecular complexity index is 672. The second-order valence-electron chi connectivity index (χ2n) is 6.57. The third-order valence-electron chi connectivity index (χ3n) is 3.94. The summed E-state index contributed by atoms with van der Waals surface area (Å²) in [4.78, 5) is 10.9. The van der Waals surface area contributed by atoms with Crippen LogP contribution in [0.25, 0.3) is 0 Å². The van der Waals surface area contributed by atoms with Gasteiger partial charge in [0.15, 0.2) is 0 Å². The maximum Gasteiger partial charge on any atom is 0.134 e. The van der Waals surface area contributed by atoms with Crippen LogP contribution in [0.4, 0.5) is 11.6 Å². The van der Waals surface area contributed by atoms with Crippen LogP contribution < -0.4 is 15.0 Å². The quantitative estimate of drug-likeness (QED) is 0.835. The molecule has 1 fully saturated rings. The first-order chi connectivity index (χ1) is 12.2. The number of morpholine rings is 1. The van der Waals surface area contributed by atoms with Crippen LogP contribution in [0, 0.1) is 5.92 Å². The molecule has 0 saturated carbocycles. The number of anilines is 2. The molecule has 1 aliphatic heterocycles. The van der Waals surface area contributed by atoms with Gasteiger partial charge in [0.25, 0.3) is 0 Å². The lowest BCUT2D eigenvalue weighted by Gasteiger charge is -2.27. The number of nitrogens with one attached hydrogen (secondary N) is 1. The number of ether oxygens (including phenoxy) is 2. The minimum absolute atomic E-state index is 0.515. The molecular formula is C19H26N4O2. The van der Waals surface area contributed by atoms with Gasteiger partial charge in [0, 0.05) is 25.7 Å². The van der Waals surface area contributed by atoms with Crippen LogP contribution in [0.2, 0.25) is 0 Å². The maximum absolute atomic E-state index is 5.79. The van der Waals surface area contributed by atoms with Crippen molar-refractivity contribution in [1.82, 2.24) is 9.97 Å². The highest BCUT2D eigenvalue weighted by Gasteiger charge is 2.12. The first kappa shape index (κ1) is 17.5. The zero-order valence-corrected chi connectivity index (χ0v) is 14.9. The molecule has 1 N–H and O–H groups in total. The van der Waals surface area contributed by atoms with Crippen molar-refractivity contribution in [3.05, 3.63) is 42.2 Å². The van der Waals surface area contributed by atoms with Crippen LogP contribution in [0.1, 0.15) is 19.4 Å². The van der Waals surface area contributed by atoms with E-state index in [0.717, 1.165) is 55.9 Å². The summed E-state index contributed by atoms with van der Waals surface area (Å²) in [5, 5.41) is 3.37. The van der Waals surface area contributed by atoms with Crippen molar-refractivity contribution in [3.8, 4) is 5.75 Å². The predicted molar refractivity (Wildman–Crippen MR) is 99.2 cm³/mol. The van der Waals surface area contributed by atoms with E-state index in [9.17, 15) is 0 Å². The molecule has 0 radical (unpaired) electrons. The Kier molecular flexibility index (Phi) is 6.06. The average molecular weight is 342 g/mol. The van der Waals surface area contributed by atoms with Crippen molar-refractivity contribution >= 4 is 11.6 Å². The number of hydrogen-bond donors (Lipinski definition) is 1. The minimum atomic E-state index is 0.515. The SMILES string of the molecule is CC(C)COc1cccc(CNc2cc(N3CCOCC3)ncn2)c1. The first-order valence-corrected chi connectivity index (χ1v) is 8.81. The van der Waals surface area contributed by atoms with Crippen LogP contribution >= 0.6 is 0 Å². The van der Waals surface area contributed by atoms with E-state index >= 15 is 0 Å². The second-order valence-corrected chi connectivity index (χ2v) is 6.57. The summed E-state index contributed by atoms with van der Waals surface area (Å²) < 4.78 is 11.2. The standard InChI is InChI=1S/C19H26N4O2/c1-15(2)13-25-17-5-3-4-16(10-17)12-20-18-11-19(22-14-21-18)23-6-8-24-9-7-23/h3-5,10-11,14-15H,6-9,12-13H2,1-2H3,(H,20,21,22). The Labute approximate surface area is 149 Å². The summed E-state index contributed by atoms with van der Waals surface area (Å²) >= 11 is 0. The summed E-state index contributed by atoms with van der Waals surface area (Å²) in [6.45, 7) is 8.94. The van der Waals surface area contributed by atoms with E-state index in [1.165, 1.54) is 0 Å². The number of aromatic nitrogens is 2. The Morgan fingerprint density at radius 2 is 2.04 bits per heavy atom. The van der Waals surface area contributed by atoms with Gasteiger partial charge in [-0.15, -0.1) is 0 Å². The molecule has 0 atom stereocenters. The largest absolute Gasteiger partial charge is 0.493 e. The van der Waals surface area contributed by atoms with Gasteiger partial charge < -0.3 is 19.7 Å². The summed E-state index contributed by atoms with van der Waals surface area (Å²) in [5.74, 6) is 3.19. The van der Waals surface area contributed by atoms with Gasteiger partial charge in [-0.05, 0) is 23.6 Å². The number of hydrogen-bond acceptors (Lipinski definition) is 6. The topological polar surface area (TPSA) is 59.5 Å². The Morgan fingerprint density at radius 3 is 2.84 bits per heavy atom. The number of rotatable bonds is 7. The molecule has 6 heteroatoms. The van der Waals surface area contributed by atoms with Gasteiger partial charge in [0.2, 0.25) is 0 Å². The third kappa shape index (κ3) is 5.32. The zero-order chi connectivity index (χ0) is 17.5. The summed E-state index contributed by atoms with van der Waals surface area (Å²) in [6.07, 6.45) is 1.61. The predicted octanol–water partition coefficient (Wildman–Crippen LogP) is 2.96. The molecule has 1 aromatic carbocycles. The van der Waals surface area contributed by atoms with Crippen LogP contribution in [0.15, 0.2) is 36.7 Å². The monoisotopic (exact) mass is 342 g/mol. The van der Waals surface area contributed by atoms with E-state index in [2.05, 4.69) is 46.2 Å². The molecule has 0 amide bonds. The zero-order valence-electron chi connectivity index (χ0n) is 14.9. The van der Waals surface area contributed by atoms with Gasteiger partial charge in [-0.1, -0.05) is 26.0 Å². The molecule has 1 aromatic heterocycles. The van der Waals surface area contributed by atoms with Crippen molar-refractivity contribution in [1.29, 1.82) is 0 Å². The molecule has 2 aromatic rings. The lowest BCUT2D eigenvalue weighted by Crippen LogP contribution is -2.36. The molecule has 1 saturated heterocycles. The minimum Gasteiger partial charge on any atom is -0.493 e. The Hall–Kier alpha value is -2.34. The fourth-order valence-corrected chi connectivity index (χ4v) is 2.61. The molecule has 0 spiro atoms. The van der Waals surface area contributed by atoms with E-state index in [0.29, 0.717) is 12.5 Å². The number of nitrogens with zero attached hydrogens (tertiary/aromatic N) is 3. The molecule has 0 aliphatic carbocycles. The normalized spacial score (nSPS) is 14.6. The molecule has 6 nitrogen and oxygen atoms in total. The molecule has 25 heavy (non-hydrogen) atoms. The van der Waals surface area contributed by atoms with Gasteiger partial charge in [0.05, 0.1) is 19.8 Å². The Morgan fingerprint density at radius 1 is 1.20 bits per heavy atom. The van der Waals surface area contributed by atoms with Gasteiger partial charge in [0.1, 0.15) is 23.7 Å². The highest BCUT2D eigenvalue weighted by molar-refractivity contribution is 5.49. The van der Waals surface area contributed by atoms with Gasteiger partial charge in [-0.25, -0.2) is 9.97 Å². The smallest absolute Gasteiger partial charge is 0.134 e. The lowest BCUT2D eigenvalue weighted by molar-refractivity contribution is 0.122. The molecule has 0 bridgehead atoms. The van der Waals surface area contributed by atoms with Crippen molar-refractivity contribution in [3.63, 3.8) is 0 Å². The molecule has 134 valence electrons. The van der Waals surface area contributed by atoms with Crippen molar-refractivity contribution in [2.75, 3.05) is 43.1 Å². The van der Waals surface area contributed by atoms with Crippen LogP contribution in [0.3, 0.4) is 0 Å². The van der Waals surface area contributed by atoms with E-state index in [-0.39, 0.29) is 0 Å². The summed E-state index contributed by atoms with van der Waals surface area (Å²) in [7, 11) is 0. The van der Waals surface area contributed by atoms with Crippen molar-refractivity contribution < 1.29 is 9.47 Å². The molecule has 2 heterocycles. The maximum atomic E-state index is 5.79. The summed E-state index contributed by atoms with van der Waals surface area (Å²) in [6, 6.07) is 10.2. The fraction of sp³-hybridized carbons (Fsp3) is 0.474. The van der Waals surface area contributed by atoms with Gasteiger partial charge in [-0.2, -0.15) is 0 Å². The van der Waals surface area contributed by atoms with Crippen LogP contribution in [-0.4, -0.2) is 42.9 Å². The fourth-order valence-electron chi connectivity index (χ4n) is 2.61. The van der Waals surface area contributed by atoms with E-state index in [4.69, 9.17) is 9.47 Å². The molecular weight excluding hydrogens is 316 g/mol. The average Bonchev–Trinajstić information content (AvgIpc) is 2.66. The highest BCUT2D eigenvalue weighted by atomic mass is 16.5. The molecule has 0 unspecified atom stereocenters. The van der Waals surface area contributed by atoms with Gasteiger partial charge in [-0.3, -0.25) is 0 Å². The molecule has 1 aliphatic rings.